The molecule has 0 unspecified atom stereocenters. The van der Waals surface area contributed by atoms with Crippen molar-refractivity contribution in [3.05, 3.63) is 62.1 Å². The van der Waals surface area contributed by atoms with Gasteiger partial charge in [-0.2, -0.15) is 0 Å². The van der Waals surface area contributed by atoms with Crippen LogP contribution in [0.2, 0.25) is 10.0 Å². The maximum absolute atomic E-state index is 13.1. The van der Waals surface area contributed by atoms with Crippen LogP contribution >= 0.6 is 23.2 Å². The minimum Gasteiger partial charge on any atom is -0.490 e. The third kappa shape index (κ3) is 7.50. The molecule has 2 aromatic rings. The minimum atomic E-state index is -0.812. The van der Waals surface area contributed by atoms with Crippen LogP contribution in [-0.2, 0) is 16.1 Å². The van der Waals surface area contributed by atoms with Gasteiger partial charge in [-0.25, -0.2) is 0 Å². The molecule has 2 rings (SSSR count). The first kappa shape index (κ1) is 27.2. The molecule has 0 bridgehead atoms. The molecule has 0 fully saturated rings. The van der Waals surface area contributed by atoms with Gasteiger partial charge in [-0.15, -0.1) is 0 Å². The van der Waals surface area contributed by atoms with Crippen LogP contribution in [0, 0.1) is 16.0 Å². The van der Waals surface area contributed by atoms with E-state index >= 15 is 0 Å². The van der Waals surface area contributed by atoms with E-state index in [9.17, 15) is 19.7 Å². The Kier molecular flexibility index (Phi) is 9.95. The van der Waals surface area contributed by atoms with Crippen molar-refractivity contribution in [3.63, 3.8) is 0 Å². The Bertz CT molecular complexity index is 1050. The van der Waals surface area contributed by atoms with Gasteiger partial charge in [0, 0.05) is 35.3 Å². The van der Waals surface area contributed by atoms with Gasteiger partial charge >= 0.3 is 5.69 Å². The number of nitro groups is 1. The predicted octanol–water partition coefficient (Wildman–Crippen LogP) is 4.48. The van der Waals surface area contributed by atoms with Crippen LogP contribution < -0.4 is 14.8 Å². The molecule has 0 radical (unpaired) electrons. The van der Waals surface area contributed by atoms with E-state index in [1.807, 2.05) is 13.8 Å². The summed E-state index contributed by atoms with van der Waals surface area (Å²) in [4.78, 5) is 37.7. The van der Waals surface area contributed by atoms with Gasteiger partial charge < -0.3 is 19.7 Å². The summed E-state index contributed by atoms with van der Waals surface area (Å²) in [6.07, 6.45) is 0. The van der Waals surface area contributed by atoms with Crippen molar-refractivity contribution in [2.75, 3.05) is 20.3 Å². The van der Waals surface area contributed by atoms with Crippen molar-refractivity contribution >= 4 is 40.7 Å². The lowest BCUT2D eigenvalue weighted by atomic mass is 10.1. The van der Waals surface area contributed by atoms with Gasteiger partial charge in [-0.1, -0.05) is 43.1 Å². The number of nitrogens with zero attached hydrogens (tertiary/aromatic N) is 2. The highest BCUT2D eigenvalue weighted by atomic mass is 35.5. The molecule has 0 spiro atoms. The van der Waals surface area contributed by atoms with Gasteiger partial charge in [0.2, 0.25) is 11.7 Å². The average molecular weight is 512 g/mol. The normalized spacial score (nSPS) is 11.6. The maximum atomic E-state index is 13.1. The van der Waals surface area contributed by atoms with Crippen LogP contribution in [-0.4, -0.2) is 47.9 Å². The first-order valence-corrected chi connectivity index (χ1v) is 11.2. The fraction of sp³-hybridized carbons (Fsp3) is 0.391. The highest BCUT2D eigenvalue weighted by Crippen LogP contribution is 2.31. The molecule has 0 saturated heterocycles. The maximum Gasteiger partial charge on any atom is 0.311 e. The molecule has 2 amide bonds. The molecular formula is C23H27Cl2N3O6. The van der Waals surface area contributed by atoms with E-state index in [2.05, 4.69) is 5.32 Å². The Morgan fingerprint density at radius 1 is 1.15 bits per heavy atom. The number of nitrogens with one attached hydrogen (secondary N) is 1. The van der Waals surface area contributed by atoms with E-state index in [1.54, 1.807) is 25.1 Å². The van der Waals surface area contributed by atoms with Gasteiger partial charge in [-0.3, -0.25) is 19.7 Å². The number of hydrogen-bond acceptors (Lipinski definition) is 6. The van der Waals surface area contributed by atoms with E-state index < -0.39 is 23.5 Å². The van der Waals surface area contributed by atoms with Crippen molar-refractivity contribution in [1.82, 2.24) is 10.2 Å². The summed E-state index contributed by atoms with van der Waals surface area (Å²) < 4.78 is 10.6. The van der Waals surface area contributed by atoms with E-state index in [1.165, 1.54) is 30.2 Å². The summed E-state index contributed by atoms with van der Waals surface area (Å²) in [6.45, 7) is 5.66. The predicted molar refractivity (Wildman–Crippen MR) is 129 cm³/mol. The van der Waals surface area contributed by atoms with Crippen LogP contribution in [0.4, 0.5) is 5.69 Å². The number of carbonyl (C=O) groups is 2. The zero-order valence-electron chi connectivity index (χ0n) is 19.3. The molecule has 9 nitrogen and oxygen atoms in total. The number of hydrogen-bond donors (Lipinski definition) is 1. The summed E-state index contributed by atoms with van der Waals surface area (Å²) in [5.74, 6) is -0.343. The Morgan fingerprint density at radius 2 is 1.85 bits per heavy atom. The fourth-order valence-corrected chi connectivity index (χ4v) is 3.46. The Labute approximate surface area is 208 Å². The summed E-state index contributed by atoms with van der Waals surface area (Å²) in [5, 5.41) is 14.7. The van der Waals surface area contributed by atoms with Crippen molar-refractivity contribution in [3.8, 4) is 11.5 Å². The van der Waals surface area contributed by atoms with Crippen LogP contribution in [0.5, 0.6) is 11.5 Å². The zero-order valence-corrected chi connectivity index (χ0v) is 20.9. The van der Waals surface area contributed by atoms with Crippen LogP contribution in [0.25, 0.3) is 0 Å². The molecule has 0 heterocycles. The highest BCUT2D eigenvalue weighted by molar-refractivity contribution is 6.35. The first-order chi connectivity index (χ1) is 16.0. The molecule has 11 heteroatoms. The second-order valence-electron chi connectivity index (χ2n) is 7.95. The van der Waals surface area contributed by atoms with Gasteiger partial charge in [0.05, 0.1) is 12.0 Å². The minimum absolute atomic E-state index is 0.00109. The molecule has 0 aliphatic rings. The third-order valence-electron chi connectivity index (χ3n) is 4.92. The van der Waals surface area contributed by atoms with Crippen LogP contribution in [0.1, 0.15) is 26.3 Å². The monoisotopic (exact) mass is 511 g/mol. The van der Waals surface area contributed by atoms with Crippen LogP contribution in [0.15, 0.2) is 36.4 Å². The lowest BCUT2D eigenvalue weighted by Crippen LogP contribution is -2.49. The molecule has 1 atom stereocenters. The Morgan fingerprint density at radius 3 is 2.44 bits per heavy atom. The zero-order chi connectivity index (χ0) is 25.4. The summed E-state index contributed by atoms with van der Waals surface area (Å²) in [6, 6.07) is 8.00. The van der Waals surface area contributed by atoms with Gasteiger partial charge in [-0.05, 0) is 36.6 Å². The van der Waals surface area contributed by atoms with Gasteiger partial charge in [0.1, 0.15) is 11.8 Å². The average Bonchev–Trinajstić information content (AvgIpc) is 2.79. The lowest BCUT2D eigenvalue weighted by Gasteiger charge is -2.29. The van der Waals surface area contributed by atoms with E-state index in [-0.39, 0.29) is 35.6 Å². The SMILES string of the molecule is COc1cc(OCC(=O)N(Cc2ccc(Cl)cc2Cl)[C@H](C)C(=O)NCC(C)C)ccc1[N+](=O)[O-]. The Balaban J connectivity index is 2.22. The van der Waals surface area contributed by atoms with Crippen molar-refractivity contribution < 1.29 is 24.0 Å². The number of nitro benzene ring substituents is 1. The Hall–Kier alpha value is -3.04. The number of methoxy groups -OCH3 is 1. The summed E-state index contributed by atoms with van der Waals surface area (Å²) in [5.41, 5.74) is 0.385. The van der Waals surface area contributed by atoms with Crippen molar-refractivity contribution in [1.29, 1.82) is 0 Å². The highest BCUT2D eigenvalue weighted by Gasteiger charge is 2.27. The molecule has 184 valence electrons. The van der Waals surface area contributed by atoms with Gasteiger partial charge in [0.15, 0.2) is 6.61 Å². The molecule has 2 aromatic carbocycles. The number of carbonyl (C=O) groups excluding carboxylic acids is 2. The number of rotatable bonds is 11. The van der Waals surface area contributed by atoms with Crippen LogP contribution in [0.3, 0.4) is 0 Å². The molecule has 0 saturated carbocycles. The molecular weight excluding hydrogens is 485 g/mol. The summed E-state index contributed by atoms with van der Waals surface area (Å²) in [7, 11) is 1.30. The molecule has 34 heavy (non-hydrogen) atoms. The standard InChI is InChI=1S/C23H27Cl2N3O6/c1-14(2)11-26-23(30)15(3)27(12-16-5-6-17(24)9-19(16)25)22(29)13-34-18-7-8-20(28(31)32)21(10-18)33-4/h5-10,14-15H,11-13H2,1-4H3,(H,26,30)/t15-/m1/s1. The smallest absolute Gasteiger partial charge is 0.311 e. The molecule has 0 aliphatic heterocycles. The lowest BCUT2D eigenvalue weighted by molar-refractivity contribution is -0.385. The molecule has 0 aromatic heterocycles. The van der Waals surface area contributed by atoms with E-state index in [4.69, 9.17) is 32.7 Å². The van der Waals surface area contributed by atoms with Crippen molar-refractivity contribution in [2.45, 2.75) is 33.4 Å². The van der Waals surface area contributed by atoms with Crippen molar-refractivity contribution in [2.24, 2.45) is 5.92 Å². The fourth-order valence-electron chi connectivity index (χ4n) is 3.00. The first-order valence-electron chi connectivity index (χ1n) is 10.5. The second-order valence-corrected chi connectivity index (χ2v) is 8.80. The largest absolute Gasteiger partial charge is 0.490 e. The third-order valence-corrected chi connectivity index (χ3v) is 5.50. The second kappa shape index (κ2) is 12.4. The number of ether oxygens (including phenoxy) is 2. The molecule has 1 N–H and O–H groups in total. The van der Waals surface area contributed by atoms with Gasteiger partial charge in [0.25, 0.3) is 5.91 Å². The summed E-state index contributed by atoms with van der Waals surface area (Å²) >= 11 is 12.3. The van der Waals surface area contributed by atoms with E-state index in [0.717, 1.165) is 0 Å². The van der Waals surface area contributed by atoms with E-state index in [0.29, 0.717) is 22.2 Å². The quantitative estimate of drug-likeness (QED) is 0.351. The number of amides is 2. The topological polar surface area (TPSA) is 111 Å². The number of halogens is 2. The number of benzene rings is 2. The molecule has 0 aliphatic carbocycles.